The van der Waals surface area contributed by atoms with Crippen LogP contribution in [0.15, 0.2) is 43.0 Å². The SMILES string of the molecule is Cn1cc(C(O)c2ccc3nccnc3c2)cn1. The zero-order valence-electron chi connectivity index (χ0n) is 9.85. The Kier molecular flexibility index (Phi) is 2.53. The predicted octanol–water partition coefficient (Wildman–Crippen LogP) is 1.44. The van der Waals surface area contributed by atoms with E-state index in [1.165, 1.54) is 0 Å². The monoisotopic (exact) mass is 240 g/mol. The first-order valence-electron chi connectivity index (χ1n) is 5.61. The van der Waals surface area contributed by atoms with Gasteiger partial charge < -0.3 is 5.11 Å². The summed E-state index contributed by atoms with van der Waals surface area (Å²) in [6, 6.07) is 5.56. The fourth-order valence-electron chi connectivity index (χ4n) is 1.92. The van der Waals surface area contributed by atoms with Crippen molar-refractivity contribution in [1.82, 2.24) is 19.7 Å². The van der Waals surface area contributed by atoms with E-state index in [1.54, 1.807) is 29.5 Å². The molecule has 0 radical (unpaired) electrons. The molecule has 0 saturated heterocycles. The minimum atomic E-state index is -0.690. The van der Waals surface area contributed by atoms with Crippen molar-refractivity contribution in [3.63, 3.8) is 0 Å². The van der Waals surface area contributed by atoms with Crippen LogP contribution in [0.5, 0.6) is 0 Å². The van der Waals surface area contributed by atoms with E-state index in [0.29, 0.717) is 0 Å². The number of hydrogen-bond donors (Lipinski definition) is 1. The second-order valence-corrected chi connectivity index (χ2v) is 4.15. The van der Waals surface area contributed by atoms with Crippen molar-refractivity contribution in [3.05, 3.63) is 54.1 Å². The van der Waals surface area contributed by atoms with E-state index in [9.17, 15) is 5.11 Å². The van der Waals surface area contributed by atoms with Crippen molar-refractivity contribution in [2.24, 2.45) is 7.05 Å². The Morgan fingerprint density at radius 2 is 1.89 bits per heavy atom. The highest BCUT2D eigenvalue weighted by Gasteiger charge is 2.12. The van der Waals surface area contributed by atoms with Crippen LogP contribution in [0, 0.1) is 0 Å². The van der Waals surface area contributed by atoms with Gasteiger partial charge in [-0.2, -0.15) is 5.10 Å². The van der Waals surface area contributed by atoms with E-state index in [1.807, 2.05) is 25.2 Å². The van der Waals surface area contributed by atoms with Crippen LogP contribution in [-0.4, -0.2) is 24.9 Å². The maximum Gasteiger partial charge on any atom is 0.107 e. The summed E-state index contributed by atoms with van der Waals surface area (Å²) in [6.07, 6.45) is 6.06. The summed E-state index contributed by atoms with van der Waals surface area (Å²) in [5.74, 6) is 0. The molecule has 0 aliphatic carbocycles. The van der Waals surface area contributed by atoms with Crippen LogP contribution in [0.25, 0.3) is 11.0 Å². The molecule has 5 heteroatoms. The molecule has 1 atom stereocenters. The lowest BCUT2D eigenvalue weighted by Crippen LogP contribution is -1.99. The molecule has 5 nitrogen and oxygen atoms in total. The molecule has 1 unspecified atom stereocenters. The molecule has 18 heavy (non-hydrogen) atoms. The lowest BCUT2D eigenvalue weighted by atomic mass is 10.0. The Labute approximate surface area is 104 Å². The van der Waals surface area contributed by atoms with Crippen LogP contribution in [0.2, 0.25) is 0 Å². The average molecular weight is 240 g/mol. The second kappa shape index (κ2) is 4.19. The Morgan fingerprint density at radius 3 is 2.61 bits per heavy atom. The molecule has 0 aliphatic rings. The lowest BCUT2D eigenvalue weighted by molar-refractivity contribution is 0.220. The van der Waals surface area contributed by atoms with Crippen molar-refractivity contribution in [1.29, 1.82) is 0 Å². The molecule has 0 amide bonds. The summed E-state index contributed by atoms with van der Waals surface area (Å²) in [6.45, 7) is 0. The standard InChI is InChI=1S/C13H12N4O/c1-17-8-10(7-16-17)13(18)9-2-3-11-12(6-9)15-5-4-14-11/h2-8,13,18H,1H3. The normalized spacial score (nSPS) is 12.8. The van der Waals surface area contributed by atoms with E-state index in [2.05, 4.69) is 15.1 Å². The third-order valence-electron chi connectivity index (χ3n) is 2.85. The molecule has 90 valence electrons. The minimum Gasteiger partial charge on any atom is -0.384 e. The molecule has 2 aromatic heterocycles. The number of hydrogen-bond acceptors (Lipinski definition) is 4. The Morgan fingerprint density at radius 1 is 1.11 bits per heavy atom. The number of nitrogens with zero attached hydrogens (tertiary/aromatic N) is 4. The minimum absolute atomic E-state index is 0.690. The first-order chi connectivity index (χ1) is 8.74. The molecule has 1 aromatic carbocycles. The quantitative estimate of drug-likeness (QED) is 0.736. The molecule has 0 spiro atoms. The number of aromatic nitrogens is 4. The number of fused-ring (bicyclic) bond motifs is 1. The van der Waals surface area contributed by atoms with Crippen LogP contribution in [0.4, 0.5) is 0 Å². The first-order valence-corrected chi connectivity index (χ1v) is 5.61. The van der Waals surface area contributed by atoms with Gasteiger partial charge in [0.1, 0.15) is 6.10 Å². The van der Waals surface area contributed by atoms with E-state index < -0.39 is 6.10 Å². The molecular formula is C13H12N4O. The van der Waals surface area contributed by atoms with Gasteiger partial charge in [-0.15, -0.1) is 0 Å². The van der Waals surface area contributed by atoms with Gasteiger partial charge in [-0.1, -0.05) is 6.07 Å². The van der Waals surface area contributed by atoms with Gasteiger partial charge in [0, 0.05) is 31.2 Å². The van der Waals surface area contributed by atoms with Gasteiger partial charge in [-0.05, 0) is 17.7 Å². The molecule has 3 rings (SSSR count). The Hall–Kier alpha value is -2.27. The summed E-state index contributed by atoms with van der Waals surface area (Å²) in [4.78, 5) is 8.43. The molecule has 1 N–H and O–H groups in total. The number of rotatable bonds is 2. The van der Waals surface area contributed by atoms with Crippen LogP contribution in [-0.2, 0) is 7.05 Å². The van der Waals surface area contributed by atoms with E-state index in [0.717, 1.165) is 22.2 Å². The molecule has 0 aliphatic heterocycles. The van der Waals surface area contributed by atoms with Crippen molar-refractivity contribution < 1.29 is 5.11 Å². The summed E-state index contributed by atoms with van der Waals surface area (Å²) in [5.41, 5.74) is 3.15. The maximum absolute atomic E-state index is 10.3. The topological polar surface area (TPSA) is 63.8 Å². The predicted molar refractivity (Wildman–Crippen MR) is 66.8 cm³/mol. The van der Waals surface area contributed by atoms with Crippen LogP contribution >= 0.6 is 0 Å². The van der Waals surface area contributed by atoms with Crippen molar-refractivity contribution in [3.8, 4) is 0 Å². The van der Waals surface area contributed by atoms with Gasteiger partial charge in [-0.25, -0.2) is 0 Å². The highest BCUT2D eigenvalue weighted by atomic mass is 16.3. The van der Waals surface area contributed by atoms with E-state index in [-0.39, 0.29) is 0 Å². The van der Waals surface area contributed by atoms with E-state index in [4.69, 9.17) is 0 Å². The molecule has 0 bridgehead atoms. The number of aliphatic hydroxyl groups excluding tert-OH is 1. The van der Waals surface area contributed by atoms with Crippen molar-refractivity contribution >= 4 is 11.0 Å². The average Bonchev–Trinajstić information content (AvgIpc) is 2.84. The molecular weight excluding hydrogens is 228 g/mol. The first kappa shape index (κ1) is 10.9. The zero-order valence-corrected chi connectivity index (χ0v) is 9.85. The molecule has 2 heterocycles. The summed E-state index contributed by atoms with van der Waals surface area (Å²) in [5, 5.41) is 14.3. The van der Waals surface area contributed by atoms with Crippen LogP contribution in [0.3, 0.4) is 0 Å². The molecule has 0 fully saturated rings. The third-order valence-corrected chi connectivity index (χ3v) is 2.85. The molecule has 3 aromatic rings. The Balaban J connectivity index is 2.03. The zero-order chi connectivity index (χ0) is 12.5. The fourth-order valence-corrected chi connectivity index (χ4v) is 1.92. The van der Waals surface area contributed by atoms with Gasteiger partial charge in [0.15, 0.2) is 0 Å². The van der Waals surface area contributed by atoms with Gasteiger partial charge in [0.25, 0.3) is 0 Å². The third kappa shape index (κ3) is 1.84. The maximum atomic E-state index is 10.3. The van der Waals surface area contributed by atoms with Crippen LogP contribution in [0.1, 0.15) is 17.2 Å². The molecule has 0 saturated carbocycles. The fraction of sp³-hybridized carbons (Fsp3) is 0.154. The van der Waals surface area contributed by atoms with Gasteiger partial charge >= 0.3 is 0 Å². The number of aliphatic hydroxyl groups is 1. The lowest BCUT2D eigenvalue weighted by Gasteiger charge is -2.09. The van der Waals surface area contributed by atoms with Gasteiger partial charge in [0.2, 0.25) is 0 Å². The Bertz CT molecular complexity index is 692. The van der Waals surface area contributed by atoms with Crippen LogP contribution < -0.4 is 0 Å². The van der Waals surface area contributed by atoms with E-state index >= 15 is 0 Å². The van der Waals surface area contributed by atoms with Crippen molar-refractivity contribution in [2.45, 2.75) is 6.10 Å². The highest BCUT2D eigenvalue weighted by molar-refractivity contribution is 5.74. The largest absolute Gasteiger partial charge is 0.384 e. The second-order valence-electron chi connectivity index (χ2n) is 4.15. The highest BCUT2D eigenvalue weighted by Crippen LogP contribution is 2.23. The summed E-state index contributed by atoms with van der Waals surface area (Å²) in [7, 11) is 1.82. The smallest absolute Gasteiger partial charge is 0.107 e. The number of aryl methyl sites for hydroxylation is 1. The van der Waals surface area contributed by atoms with Gasteiger partial charge in [0.05, 0.1) is 17.2 Å². The van der Waals surface area contributed by atoms with Gasteiger partial charge in [-0.3, -0.25) is 14.6 Å². The summed E-state index contributed by atoms with van der Waals surface area (Å²) < 4.78 is 1.67. The van der Waals surface area contributed by atoms with Crippen molar-refractivity contribution in [2.75, 3.05) is 0 Å². The number of benzene rings is 1. The summed E-state index contributed by atoms with van der Waals surface area (Å²) >= 11 is 0.